The summed E-state index contributed by atoms with van der Waals surface area (Å²) in [4.78, 5) is -0.320. The highest BCUT2D eigenvalue weighted by Crippen LogP contribution is 2.37. The van der Waals surface area contributed by atoms with Gasteiger partial charge in [0, 0.05) is 11.6 Å². The van der Waals surface area contributed by atoms with Crippen LogP contribution >= 0.6 is 11.6 Å². The van der Waals surface area contributed by atoms with Crippen LogP contribution in [-0.4, -0.2) is 19.3 Å². The maximum atomic E-state index is 14.0. The van der Waals surface area contributed by atoms with E-state index in [0.717, 1.165) is 24.5 Å². The maximum absolute atomic E-state index is 14.0. The Kier molecular flexibility index (Phi) is 4.21. The van der Waals surface area contributed by atoms with E-state index in [1.54, 1.807) is 0 Å². The highest BCUT2D eigenvalue weighted by Gasteiger charge is 2.37. The molecule has 3 nitrogen and oxygen atoms in total. The van der Waals surface area contributed by atoms with Crippen molar-refractivity contribution in [3.63, 3.8) is 0 Å². The van der Waals surface area contributed by atoms with E-state index in [9.17, 15) is 12.8 Å². The first-order chi connectivity index (χ1) is 10.5. The van der Waals surface area contributed by atoms with E-state index < -0.39 is 15.8 Å². The van der Waals surface area contributed by atoms with Gasteiger partial charge in [-0.1, -0.05) is 41.9 Å². The number of hydrogen-bond acceptors (Lipinski definition) is 2. The molecule has 3 rings (SSSR count). The van der Waals surface area contributed by atoms with Crippen LogP contribution in [0.5, 0.6) is 0 Å². The lowest BCUT2D eigenvalue weighted by Crippen LogP contribution is -2.31. The molecular weight excluding hydrogens is 325 g/mol. The number of nitrogens with zero attached hydrogens (tertiary/aromatic N) is 1. The molecule has 116 valence electrons. The highest BCUT2D eigenvalue weighted by molar-refractivity contribution is 7.89. The molecule has 0 unspecified atom stereocenters. The second kappa shape index (κ2) is 5.99. The first-order valence-electron chi connectivity index (χ1n) is 7.02. The van der Waals surface area contributed by atoms with Gasteiger partial charge in [-0.2, -0.15) is 4.31 Å². The van der Waals surface area contributed by atoms with Crippen LogP contribution in [0.3, 0.4) is 0 Å². The Labute approximate surface area is 134 Å². The van der Waals surface area contributed by atoms with Crippen molar-refractivity contribution in [2.24, 2.45) is 0 Å². The molecule has 2 aromatic carbocycles. The second-order valence-electron chi connectivity index (χ2n) is 5.26. The topological polar surface area (TPSA) is 37.4 Å². The molecule has 1 saturated heterocycles. The van der Waals surface area contributed by atoms with Crippen LogP contribution in [0.1, 0.15) is 24.4 Å². The van der Waals surface area contributed by atoms with Crippen molar-refractivity contribution in [2.75, 3.05) is 6.54 Å². The maximum Gasteiger partial charge on any atom is 0.246 e. The molecule has 0 aromatic heterocycles. The fraction of sp³-hybridized carbons (Fsp3) is 0.250. The summed E-state index contributed by atoms with van der Waals surface area (Å²) in [5.74, 6) is -0.814. The summed E-state index contributed by atoms with van der Waals surface area (Å²) in [6.45, 7) is 0.393. The summed E-state index contributed by atoms with van der Waals surface area (Å²) in [6, 6.07) is 12.8. The lowest BCUT2D eigenvalue weighted by molar-refractivity contribution is 0.393. The summed E-state index contributed by atoms with van der Waals surface area (Å²) >= 11 is 5.70. The Morgan fingerprint density at radius 3 is 2.55 bits per heavy atom. The van der Waals surface area contributed by atoms with Gasteiger partial charge in [-0.25, -0.2) is 12.8 Å². The van der Waals surface area contributed by atoms with Crippen molar-refractivity contribution in [3.05, 3.63) is 64.9 Å². The third-order valence-corrected chi connectivity index (χ3v) is 6.05. The second-order valence-corrected chi connectivity index (χ2v) is 7.55. The predicted octanol–water partition coefficient (Wildman–Crippen LogP) is 4.00. The molecule has 6 heteroatoms. The van der Waals surface area contributed by atoms with Gasteiger partial charge in [0.25, 0.3) is 0 Å². The molecule has 0 spiro atoms. The fourth-order valence-electron chi connectivity index (χ4n) is 2.85. The fourth-order valence-corrected chi connectivity index (χ4v) is 4.74. The molecular formula is C16H15ClFNO2S. The Bertz CT molecular complexity index is 780. The lowest BCUT2D eigenvalue weighted by atomic mass is 10.1. The Hall–Kier alpha value is -1.43. The zero-order valence-electron chi connectivity index (χ0n) is 11.7. The summed E-state index contributed by atoms with van der Waals surface area (Å²) < 4.78 is 41.0. The van der Waals surface area contributed by atoms with Crippen LogP contribution in [0, 0.1) is 5.82 Å². The number of rotatable bonds is 3. The molecule has 0 bridgehead atoms. The molecule has 0 aliphatic carbocycles. The molecule has 1 aliphatic heterocycles. The van der Waals surface area contributed by atoms with Gasteiger partial charge >= 0.3 is 0 Å². The van der Waals surface area contributed by atoms with Crippen LogP contribution in [-0.2, 0) is 10.0 Å². The van der Waals surface area contributed by atoms with Crippen LogP contribution < -0.4 is 0 Å². The van der Waals surface area contributed by atoms with Crippen LogP contribution in [0.4, 0.5) is 4.39 Å². The van der Waals surface area contributed by atoms with E-state index in [4.69, 9.17) is 11.6 Å². The molecule has 0 saturated carbocycles. The largest absolute Gasteiger partial charge is 0.246 e. The normalized spacial score (nSPS) is 19.5. The SMILES string of the molecule is O=S(=O)(c1ccc(Cl)cc1F)N1CCC[C@H]1c1ccccc1. The standard InChI is InChI=1S/C16H15ClFNO2S/c17-13-8-9-16(14(18)11-13)22(20,21)19-10-4-7-15(19)12-5-2-1-3-6-12/h1-3,5-6,8-9,11,15H,4,7,10H2/t15-/m0/s1. The minimum absolute atomic E-state index is 0.178. The number of halogens is 2. The van der Waals surface area contributed by atoms with Gasteiger partial charge in [0.05, 0.1) is 6.04 Å². The van der Waals surface area contributed by atoms with Gasteiger partial charge in [-0.05, 0) is 36.6 Å². The van der Waals surface area contributed by atoms with E-state index >= 15 is 0 Å². The Morgan fingerprint density at radius 2 is 1.86 bits per heavy atom. The van der Waals surface area contributed by atoms with E-state index in [-0.39, 0.29) is 16.0 Å². The number of hydrogen-bond donors (Lipinski definition) is 0. The third kappa shape index (κ3) is 2.76. The predicted molar refractivity (Wildman–Crippen MR) is 83.7 cm³/mol. The van der Waals surface area contributed by atoms with Gasteiger partial charge in [0.15, 0.2) is 0 Å². The molecule has 0 N–H and O–H groups in total. The van der Waals surface area contributed by atoms with Gasteiger partial charge in [0.2, 0.25) is 10.0 Å². The molecule has 1 heterocycles. The van der Waals surface area contributed by atoms with Gasteiger partial charge in [-0.15, -0.1) is 0 Å². The molecule has 2 aromatic rings. The van der Waals surface area contributed by atoms with Crippen molar-refractivity contribution in [1.82, 2.24) is 4.31 Å². The minimum Gasteiger partial charge on any atom is -0.207 e. The average Bonchev–Trinajstić information content (AvgIpc) is 2.98. The van der Waals surface area contributed by atoms with Gasteiger partial charge in [-0.3, -0.25) is 0 Å². The van der Waals surface area contributed by atoms with E-state index in [2.05, 4.69) is 0 Å². The van der Waals surface area contributed by atoms with Crippen LogP contribution in [0.2, 0.25) is 5.02 Å². The van der Waals surface area contributed by atoms with Crippen molar-refractivity contribution in [1.29, 1.82) is 0 Å². The zero-order valence-corrected chi connectivity index (χ0v) is 13.3. The van der Waals surface area contributed by atoms with Crippen LogP contribution in [0.25, 0.3) is 0 Å². The summed E-state index contributed by atoms with van der Waals surface area (Å²) in [6.07, 6.45) is 1.49. The molecule has 1 aliphatic rings. The first kappa shape index (κ1) is 15.5. The van der Waals surface area contributed by atoms with Gasteiger partial charge in [0.1, 0.15) is 10.7 Å². The van der Waals surface area contributed by atoms with Crippen LogP contribution in [0.15, 0.2) is 53.4 Å². The Morgan fingerprint density at radius 1 is 1.14 bits per heavy atom. The smallest absolute Gasteiger partial charge is 0.207 e. The summed E-state index contributed by atoms with van der Waals surface area (Å²) in [5.41, 5.74) is 0.929. The third-order valence-electron chi connectivity index (χ3n) is 3.87. The van der Waals surface area contributed by atoms with Crippen molar-refractivity contribution >= 4 is 21.6 Å². The Balaban J connectivity index is 2.01. The molecule has 1 fully saturated rings. The van der Waals surface area contributed by atoms with Gasteiger partial charge < -0.3 is 0 Å². The lowest BCUT2D eigenvalue weighted by Gasteiger charge is -2.24. The van der Waals surface area contributed by atoms with Crippen molar-refractivity contribution < 1.29 is 12.8 Å². The minimum atomic E-state index is -3.88. The van der Waals surface area contributed by atoms with Crippen molar-refractivity contribution in [2.45, 2.75) is 23.8 Å². The molecule has 1 atom stereocenters. The molecule has 0 radical (unpaired) electrons. The monoisotopic (exact) mass is 339 g/mol. The number of sulfonamides is 1. The number of benzene rings is 2. The van der Waals surface area contributed by atoms with E-state index in [1.165, 1.54) is 16.4 Å². The average molecular weight is 340 g/mol. The highest BCUT2D eigenvalue weighted by atomic mass is 35.5. The van der Waals surface area contributed by atoms with E-state index in [0.29, 0.717) is 6.54 Å². The summed E-state index contributed by atoms with van der Waals surface area (Å²) in [5, 5.41) is 0.178. The quantitative estimate of drug-likeness (QED) is 0.847. The first-order valence-corrected chi connectivity index (χ1v) is 8.84. The zero-order chi connectivity index (χ0) is 15.7. The summed E-state index contributed by atoms with van der Waals surface area (Å²) in [7, 11) is -3.88. The molecule has 0 amide bonds. The van der Waals surface area contributed by atoms with E-state index in [1.807, 2.05) is 30.3 Å². The molecule has 22 heavy (non-hydrogen) atoms. The van der Waals surface area contributed by atoms with Crippen molar-refractivity contribution in [3.8, 4) is 0 Å².